The summed E-state index contributed by atoms with van der Waals surface area (Å²) in [5.74, 6) is 0.582. The number of rotatable bonds is 6. The van der Waals surface area contributed by atoms with Crippen molar-refractivity contribution < 1.29 is 19.0 Å². The molecule has 7 heteroatoms. The van der Waals surface area contributed by atoms with E-state index in [0.717, 1.165) is 5.56 Å². The molecule has 1 aromatic heterocycles. The molecule has 2 N–H and O–H groups in total. The monoisotopic (exact) mass is 434 g/mol. The van der Waals surface area contributed by atoms with Crippen LogP contribution in [0.1, 0.15) is 16.1 Å². The van der Waals surface area contributed by atoms with E-state index in [9.17, 15) is 4.79 Å². The largest absolute Gasteiger partial charge is 0.486 e. The standard InChI is InChI=1S/C24H19ClN2O4/c1-29-24(28)20-21(30-14-15-8-4-2-5-9-15)17-12-13-18(25)22(19(17)23(26)27-20)31-16-10-6-3-7-11-16/h2-13H,14H2,1H3,(H2,26,27). The highest BCUT2D eigenvalue weighted by Gasteiger charge is 2.24. The molecule has 4 aromatic rings. The Hall–Kier alpha value is -3.77. The number of para-hydroxylation sites is 1. The van der Waals surface area contributed by atoms with Crippen LogP contribution in [0.3, 0.4) is 0 Å². The third kappa shape index (κ3) is 4.25. The number of hydrogen-bond acceptors (Lipinski definition) is 6. The Labute approximate surface area is 184 Å². The summed E-state index contributed by atoms with van der Waals surface area (Å²) < 4.78 is 17.0. The van der Waals surface area contributed by atoms with Gasteiger partial charge in [-0.2, -0.15) is 0 Å². The number of fused-ring (bicyclic) bond motifs is 1. The van der Waals surface area contributed by atoms with Crippen LogP contribution in [-0.4, -0.2) is 18.1 Å². The number of esters is 1. The van der Waals surface area contributed by atoms with Crippen molar-refractivity contribution >= 4 is 34.2 Å². The summed E-state index contributed by atoms with van der Waals surface area (Å²) >= 11 is 6.44. The first-order valence-corrected chi connectivity index (χ1v) is 9.86. The molecule has 1 heterocycles. The molecule has 0 aliphatic rings. The molecule has 0 fully saturated rings. The molecule has 4 rings (SSSR count). The summed E-state index contributed by atoms with van der Waals surface area (Å²) in [4.78, 5) is 16.7. The first-order valence-electron chi connectivity index (χ1n) is 9.48. The number of nitrogens with zero attached hydrogens (tertiary/aromatic N) is 1. The third-order valence-corrected chi connectivity index (χ3v) is 4.92. The Morgan fingerprint density at radius 1 is 0.968 bits per heavy atom. The molecule has 0 radical (unpaired) electrons. The highest BCUT2D eigenvalue weighted by Crippen LogP contribution is 2.43. The van der Waals surface area contributed by atoms with Crippen LogP contribution >= 0.6 is 11.6 Å². The quantitative estimate of drug-likeness (QED) is 0.396. The maximum atomic E-state index is 12.4. The number of carbonyl (C=O) groups is 1. The summed E-state index contributed by atoms with van der Waals surface area (Å²) in [7, 11) is 1.27. The highest BCUT2D eigenvalue weighted by atomic mass is 35.5. The fourth-order valence-corrected chi connectivity index (χ4v) is 3.37. The zero-order valence-corrected chi connectivity index (χ0v) is 17.4. The van der Waals surface area contributed by atoms with Crippen molar-refractivity contribution in [2.45, 2.75) is 6.61 Å². The minimum Gasteiger partial charge on any atom is -0.486 e. The van der Waals surface area contributed by atoms with E-state index in [2.05, 4.69) is 4.98 Å². The average Bonchev–Trinajstić information content (AvgIpc) is 2.80. The van der Waals surface area contributed by atoms with Gasteiger partial charge in [-0.3, -0.25) is 0 Å². The van der Waals surface area contributed by atoms with Gasteiger partial charge in [0.15, 0.2) is 17.2 Å². The van der Waals surface area contributed by atoms with Gasteiger partial charge in [0.2, 0.25) is 0 Å². The van der Waals surface area contributed by atoms with Crippen LogP contribution in [0.15, 0.2) is 72.8 Å². The van der Waals surface area contributed by atoms with Gasteiger partial charge >= 0.3 is 5.97 Å². The molecule has 0 spiro atoms. The van der Waals surface area contributed by atoms with Gasteiger partial charge in [-0.05, 0) is 29.8 Å². The van der Waals surface area contributed by atoms with Crippen molar-refractivity contribution in [3.63, 3.8) is 0 Å². The van der Waals surface area contributed by atoms with Crippen LogP contribution in [0.2, 0.25) is 5.02 Å². The normalized spacial score (nSPS) is 10.6. The van der Waals surface area contributed by atoms with Crippen LogP contribution < -0.4 is 15.2 Å². The second-order valence-corrected chi connectivity index (χ2v) is 7.06. The van der Waals surface area contributed by atoms with Gasteiger partial charge < -0.3 is 19.9 Å². The van der Waals surface area contributed by atoms with E-state index in [4.69, 9.17) is 31.5 Å². The van der Waals surface area contributed by atoms with Crippen LogP contribution in [0.5, 0.6) is 17.2 Å². The average molecular weight is 435 g/mol. The number of pyridine rings is 1. The van der Waals surface area contributed by atoms with E-state index in [1.807, 2.05) is 48.5 Å². The first kappa shape index (κ1) is 20.5. The van der Waals surface area contributed by atoms with E-state index in [1.54, 1.807) is 24.3 Å². The molecular formula is C24H19ClN2O4. The second kappa shape index (κ2) is 8.93. The van der Waals surface area contributed by atoms with Gasteiger partial charge in [0, 0.05) is 5.39 Å². The Morgan fingerprint density at radius 3 is 2.32 bits per heavy atom. The summed E-state index contributed by atoms with van der Waals surface area (Å²) in [6, 6.07) is 22.1. The Morgan fingerprint density at radius 2 is 1.65 bits per heavy atom. The number of nitrogens with two attached hydrogens (primary N) is 1. The zero-order chi connectivity index (χ0) is 21.8. The maximum absolute atomic E-state index is 12.4. The lowest BCUT2D eigenvalue weighted by atomic mass is 10.1. The third-order valence-electron chi connectivity index (χ3n) is 4.63. The molecular weight excluding hydrogens is 416 g/mol. The van der Waals surface area contributed by atoms with Gasteiger partial charge in [0.25, 0.3) is 0 Å². The molecule has 0 unspecified atom stereocenters. The topological polar surface area (TPSA) is 83.7 Å². The lowest BCUT2D eigenvalue weighted by Gasteiger charge is -2.17. The van der Waals surface area contributed by atoms with Gasteiger partial charge in [-0.15, -0.1) is 0 Å². The predicted octanol–water partition coefficient (Wildman–Crippen LogP) is 5.63. The number of nitrogen functional groups attached to an aromatic ring is 1. The first-order chi connectivity index (χ1) is 15.1. The number of methoxy groups -OCH3 is 1. The fraction of sp³-hybridized carbons (Fsp3) is 0.0833. The van der Waals surface area contributed by atoms with Gasteiger partial charge in [-0.25, -0.2) is 9.78 Å². The Kier molecular flexibility index (Phi) is 5.91. The predicted molar refractivity (Wildman–Crippen MR) is 120 cm³/mol. The number of ether oxygens (including phenoxy) is 3. The van der Waals surface area contributed by atoms with Gasteiger partial charge in [0.05, 0.1) is 17.5 Å². The molecule has 0 aliphatic heterocycles. The molecule has 0 saturated heterocycles. The Bertz CT molecular complexity index is 1230. The molecule has 0 saturated carbocycles. The van der Waals surface area contributed by atoms with E-state index >= 15 is 0 Å². The van der Waals surface area contributed by atoms with Crippen molar-refractivity contribution in [2.75, 3.05) is 12.8 Å². The molecule has 6 nitrogen and oxygen atoms in total. The molecule has 31 heavy (non-hydrogen) atoms. The minimum absolute atomic E-state index is 0.0172. The number of hydrogen-bond donors (Lipinski definition) is 1. The lowest BCUT2D eigenvalue weighted by Crippen LogP contribution is -2.11. The maximum Gasteiger partial charge on any atom is 0.360 e. The summed E-state index contributed by atoms with van der Waals surface area (Å²) in [5, 5.41) is 1.34. The van der Waals surface area contributed by atoms with E-state index in [-0.39, 0.29) is 23.9 Å². The van der Waals surface area contributed by atoms with Crippen LogP contribution in [-0.2, 0) is 11.3 Å². The summed E-state index contributed by atoms with van der Waals surface area (Å²) in [6.45, 7) is 0.225. The van der Waals surface area contributed by atoms with E-state index < -0.39 is 5.97 Å². The SMILES string of the molecule is COC(=O)c1nc(N)c2c(Oc3ccccc3)c(Cl)ccc2c1OCc1ccccc1. The highest BCUT2D eigenvalue weighted by molar-refractivity contribution is 6.33. The minimum atomic E-state index is -0.655. The van der Waals surface area contributed by atoms with Crippen molar-refractivity contribution in [1.29, 1.82) is 0 Å². The van der Waals surface area contributed by atoms with E-state index in [0.29, 0.717) is 27.3 Å². The molecule has 0 amide bonds. The number of anilines is 1. The van der Waals surface area contributed by atoms with Crippen molar-refractivity contribution in [2.24, 2.45) is 0 Å². The van der Waals surface area contributed by atoms with Gasteiger partial charge in [-0.1, -0.05) is 60.1 Å². The van der Waals surface area contributed by atoms with Crippen molar-refractivity contribution in [1.82, 2.24) is 4.98 Å². The zero-order valence-electron chi connectivity index (χ0n) is 16.7. The van der Waals surface area contributed by atoms with Crippen molar-refractivity contribution in [3.8, 4) is 17.2 Å². The van der Waals surface area contributed by atoms with Crippen LogP contribution in [0.25, 0.3) is 10.8 Å². The number of aromatic nitrogens is 1. The molecule has 0 bridgehead atoms. The van der Waals surface area contributed by atoms with Crippen LogP contribution in [0.4, 0.5) is 5.82 Å². The molecule has 156 valence electrons. The number of carbonyl (C=O) groups excluding carboxylic acids is 1. The van der Waals surface area contributed by atoms with Gasteiger partial charge in [0.1, 0.15) is 18.2 Å². The number of halogens is 1. The van der Waals surface area contributed by atoms with E-state index in [1.165, 1.54) is 7.11 Å². The van der Waals surface area contributed by atoms with Crippen LogP contribution in [0, 0.1) is 0 Å². The number of benzene rings is 3. The summed E-state index contributed by atoms with van der Waals surface area (Å²) in [6.07, 6.45) is 0. The second-order valence-electron chi connectivity index (χ2n) is 6.65. The van der Waals surface area contributed by atoms with Crippen molar-refractivity contribution in [3.05, 3.63) is 89.1 Å². The summed E-state index contributed by atoms with van der Waals surface area (Å²) in [5.41, 5.74) is 7.15. The fourth-order valence-electron chi connectivity index (χ4n) is 3.17. The smallest absolute Gasteiger partial charge is 0.360 e. The lowest BCUT2D eigenvalue weighted by molar-refractivity contribution is 0.0589. The molecule has 0 aliphatic carbocycles. The molecule has 3 aromatic carbocycles. The molecule has 0 atom stereocenters. The Balaban J connectivity index is 1.87.